The third-order valence-electron chi connectivity index (χ3n) is 5.00. The predicted octanol–water partition coefficient (Wildman–Crippen LogP) is 3.32. The average molecular weight is 347 g/mol. The molecule has 0 saturated carbocycles. The number of aromatic nitrogens is 4. The fraction of sp³-hybridized carbons (Fsp3) is 0.381. The molecule has 1 aromatic carbocycles. The minimum Gasteiger partial charge on any atom is -0.315 e. The van der Waals surface area contributed by atoms with E-state index in [4.69, 9.17) is 0 Å². The normalized spacial score (nSPS) is 15.2. The molecule has 3 heterocycles. The van der Waals surface area contributed by atoms with Crippen molar-refractivity contribution in [3.63, 3.8) is 0 Å². The Morgan fingerprint density at radius 1 is 0.962 bits per heavy atom. The molecule has 5 nitrogen and oxygen atoms in total. The number of pyridine rings is 1. The van der Waals surface area contributed by atoms with E-state index in [1.165, 1.54) is 24.8 Å². The number of nitrogens with one attached hydrogen (secondary N) is 1. The van der Waals surface area contributed by atoms with E-state index in [2.05, 4.69) is 55.4 Å². The zero-order valence-electron chi connectivity index (χ0n) is 15.0. The Morgan fingerprint density at radius 3 is 2.69 bits per heavy atom. The molecule has 0 spiro atoms. The molecule has 1 aliphatic heterocycles. The minimum absolute atomic E-state index is 0.0870. The molecular weight excluding hydrogens is 322 g/mol. The van der Waals surface area contributed by atoms with Crippen molar-refractivity contribution in [3.05, 3.63) is 77.6 Å². The molecule has 0 bridgehead atoms. The van der Waals surface area contributed by atoms with Gasteiger partial charge in [0.1, 0.15) is 11.6 Å². The summed E-state index contributed by atoms with van der Waals surface area (Å²) in [7, 11) is 0. The largest absolute Gasteiger partial charge is 0.315 e. The van der Waals surface area contributed by atoms with Crippen molar-refractivity contribution in [1.29, 1.82) is 0 Å². The van der Waals surface area contributed by atoms with Crippen LogP contribution in [0.4, 0.5) is 0 Å². The zero-order chi connectivity index (χ0) is 17.6. The Kier molecular flexibility index (Phi) is 5.36. The van der Waals surface area contributed by atoms with E-state index >= 15 is 0 Å². The van der Waals surface area contributed by atoms with E-state index in [1.807, 2.05) is 24.4 Å². The highest BCUT2D eigenvalue weighted by Gasteiger charge is 2.17. The molecular formula is C21H25N5. The van der Waals surface area contributed by atoms with E-state index in [0.717, 1.165) is 43.3 Å². The topological polar surface area (TPSA) is 55.6 Å². The van der Waals surface area contributed by atoms with Crippen molar-refractivity contribution in [1.82, 2.24) is 25.1 Å². The van der Waals surface area contributed by atoms with Crippen LogP contribution in [0.1, 0.15) is 48.2 Å². The van der Waals surface area contributed by atoms with Crippen LogP contribution in [-0.2, 0) is 19.4 Å². The van der Waals surface area contributed by atoms with Gasteiger partial charge in [0.2, 0.25) is 0 Å². The maximum atomic E-state index is 4.56. The molecule has 134 valence electrons. The molecule has 1 atom stereocenters. The monoisotopic (exact) mass is 347 g/mol. The first-order valence-corrected chi connectivity index (χ1v) is 9.52. The summed E-state index contributed by atoms with van der Waals surface area (Å²) >= 11 is 0. The van der Waals surface area contributed by atoms with Crippen LogP contribution in [0.15, 0.2) is 54.7 Å². The average Bonchev–Trinajstić information content (AvgIpc) is 2.93. The van der Waals surface area contributed by atoms with Crippen molar-refractivity contribution in [3.8, 4) is 0 Å². The molecule has 0 saturated heterocycles. The van der Waals surface area contributed by atoms with E-state index in [0.29, 0.717) is 0 Å². The minimum atomic E-state index is 0.0870. The lowest BCUT2D eigenvalue weighted by atomic mass is 10.0. The molecule has 1 aliphatic rings. The second kappa shape index (κ2) is 8.23. The summed E-state index contributed by atoms with van der Waals surface area (Å²) in [5, 5.41) is 12.5. The fourth-order valence-corrected chi connectivity index (χ4v) is 3.64. The summed E-state index contributed by atoms with van der Waals surface area (Å²) in [6.45, 7) is 1.90. The first-order chi connectivity index (χ1) is 12.9. The van der Waals surface area contributed by atoms with Crippen molar-refractivity contribution < 1.29 is 0 Å². The summed E-state index contributed by atoms with van der Waals surface area (Å²) in [5.74, 6) is 2.25. The third kappa shape index (κ3) is 3.83. The molecule has 3 aromatic rings. The van der Waals surface area contributed by atoms with Gasteiger partial charge in [-0.2, -0.15) is 0 Å². The highest BCUT2D eigenvalue weighted by Crippen LogP contribution is 2.20. The Labute approximate surface area is 154 Å². The summed E-state index contributed by atoms with van der Waals surface area (Å²) in [5.41, 5.74) is 2.27. The number of fused-ring (bicyclic) bond motifs is 1. The number of hydrogen-bond donors (Lipinski definition) is 1. The standard InChI is InChI=1S/C21H25N5/c1-3-9-17(10-4-1)21(18-11-6-7-14-22-18)23-15-13-20-25-24-19-12-5-2-8-16-26(19)20/h1,3-4,6-7,9-11,14,21,23H,2,5,8,12-13,15-16H2. The van der Waals surface area contributed by atoms with E-state index in [1.54, 1.807) is 0 Å². The Bertz CT molecular complexity index is 773. The first kappa shape index (κ1) is 16.9. The van der Waals surface area contributed by atoms with Gasteiger partial charge in [0.05, 0.1) is 11.7 Å². The van der Waals surface area contributed by atoms with Crippen LogP contribution in [0.3, 0.4) is 0 Å². The SMILES string of the molecule is c1ccc(C(NCCc2nnc3n2CCCCC3)c2ccccn2)cc1. The van der Waals surface area contributed by atoms with Crippen LogP contribution in [0.5, 0.6) is 0 Å². The summed E-state index contributed by atoms with van der Waals surface area (Å²) in [6.07, 6.45) is 7.53. The van der Waals surface area contributed by atoms with Crippen molar-refractivity contribution in [2.45, 2.75) is 44.7 Å². The number of hydrogen-bond acceptors (Lipinski definition) is 4. The highest BCUT2D eigenvalue weighted by atomic mass is 15.3. The highest BCUT2D eigenvalue weighted by molar-refractivity contribution is 5.27. The lowest BCUT2D eigenvalue weighted by Crippen LogP contribution is -2.26. The van der Waals surface area contributed by atoms with Gasteiger partial charge in [0.15, 0.2) is 0 Å². The van der Waals surface area contributed by atoms with Crippen LogP contribution < -0.4 is 5.32 Å². The molecule has 1 N–H and O–H groups in total. The zero-order valence-corrected chi connectivity index (χ0v) is 15.0. The molecule has 1 unspecified atom stereocenters. The smallest absolute Gasteiger partial charge is 0.134 e. The quantitative estimate of drug-likeness (QED) is 0.743. The van der Waals surface area contributed by atoms with Gasteiger partial charge in [-0.15, -0.1) is 10.2 Å². The predicted molar refractivity (Wildman–Crippen MR) is 102 cm³/mol. The number of rotatable bonds is 6. The Balaban J connectivity index is 1.47. The Morgan fingerprint density at radius 2 is 1.85 bits per heavy atom. The maximum Gasteiger partial charge on any atom is 0.134 e. The van der Waals surface area contributed by atoms with Gasteiger partial charge in [0.25, 0.3) is 0 Å². The van der Waals surface area contributed by atoms with E-state index in [-0.39, 0.29) is 6.04 Å². The van der Waals surface area contributed by atoms with Crippen LogP contribution >= 0.6 is 0 Å². The van der Waals surface area contributed by atoms with Gasteiger partial charge in [-0.05, 0) is 30.5 Å². The summed E-state index contributed by atoms with van der Waals surface area (Å²) < 4.78 is 2.33. The molecule has 0 aliphatic carbocycles. The van der Waals surface area contributed by atoms with Crippen LogP contribution in [0, 0.1) is 0 Å². The van der Waals surface area contributed by atoms with Gasteiger partial charge in [0, 0.05) is 32.1 Å². The van der Waals surface area contributed by atoms with Gasteiger partial charge < -0.3 is 9.88 Å². The third-order valence-corrected chi connectivity index (χ3v) is 5.00. The second-order valence-electron chi connectivity index (χ2n) is 6.80. The molecule has 4 rings (SSSR count). The van der Waals surface area contributed by atoms with E-state index in [9.17, 15) is 0 Å². The molecule has 26 heavy (non-hydrogen) atoms. The van der Waals surface area contributed by atoms with E-state index < -0.39 is 0 Å². The molecule has 0 radical (unpaired) electrons. The van der Waals surface area contributed by atoms with Gasteiger partial charge in [-0.1, -0.05) is 42.8 Å². The van der Waals surface area contributed by atoms with Crippen molar-refractivity contribution >= 4 is 0 Å². The van der Waals surface area contributed by atoms with Crippen LogP contribution in [0.25, 0.3) is 0 Å². The lowest BCUT2D eigenvalue weighted by molar-refractivity contribution is 0.558. The maximum absolute atomic E-state index is 4.56. The Hall–Kier alpha value is -2.53. The molecule has 0 fully saturated rings. The van der Waals surface area contributed by atoms with Crippen LogP contribution in [0.2, 0.25) is 0 Å². The number of nitrogens with zero attached hydrogens (tertiary/aromatic N) is 4. The fourth-order valence-electron chi connectivity index (χ4n) is 3.64. The molecule has 0 amide bonds. The van der Waals surface area contributed by atoms with Gasteiger partial charge >= 0.3 is 0 Å². The summed E-state index contributed by atoms with van der Waals surface area (Å²) in [6, 6.07) is 16.7. The van der Waals surface area contributed by atoms with Gasteiger partial charge in [-0.3, -0.25) is 4.98 Å². The van der Waals surface area contributed by atoms with Gasteiger partial charge in [-0.25, -0.2) is 0 Å². The van der Waals surface area contributed by atoms with Crippen LogP contribution in [-0.4, -0.2) is 26.3 Å². The van der Waals surface area contributed by atoms with Crippen molar-refractivity contribution in [2.75, 3.05) is 6.54 Å². The number of benzene rings is 1. The van der Waals surface area contributed by atoms with Crippen molar-refractivity contribution in [2.24, 2.45) is 0 Å². The second-order valence-corrected chi connectivity index (χ2v) is 6.80. The summed E-state index contributed by atoms with van der Waals surface area (Å²) in [4.78, 5) is 4.56. The molecule has 5 heteroatoms. The molecule has 2 aromatic heterocycles. The number of aryl methyl sites for hydroxylation is 1. The lowest BCUT2D eigenvalue weighted by Gasteiger charge is -2.19. The first-order valence-electron chi connectivity index (χ1n) is 9.52.